The SMILES string of the molecule is CCN(CC)c1ccc(/C=C2\CC/C(=C\c3ccc(N(CCC(=O)O)CCC(=O)O)cc3)C2=O)cc1. The summed E-state index contributed by atoms with van der Waals surface area (Å²) in [6.45, 7) is 6.62. The zero-order valence-electron chi connectivity index (χ0n) is 20.9. The van der Waals surface area contributed by atoms with Crippen LogP contribution in [0.1, 0.15) is 50.7 Å². The normalized spacial score (nSPS) is 15.4. The molecule has 7 heteroatoms. The number of carboxylic acids is 2. The second kappa shape index (κ2) is 12.7. The van der Waals surface area contributed by atoms with Crippen molar-refractivity contribution in [1.29, 1.82) is 0 Å². The number of allylic oxidation sites excluding steroid dienone is 2. The van der Waals surface area contributed by atoms with E-state index >= 15 is 0 Å². The van der Waals surface area contributed by atoms with E-state index in [1.165, 1.54) is 5.69 Å². The lowest BCUT2D eigenvalue weighted by molar-refractivity contribution is -0.137. The average Bonchev–Trinajstić information content (AvgIpc) is 3.20. The van der Waals surface area contributed by atoms with E-state index in [2.05, 4.69) is 43.0 Å². The predicted octanol–water partition coefficient (Wildman–Crippen LogP) is 5.12. The van der Waals surface area contributed by atoms with Crippen LogP contribution in [0.15, 0.2) is 59.7 Å². The van der Waals surface area contributed by atoms with Gasteiger partial charge in [0.1, 0.15) is 0 Å². The molecule has 2 aromatic carbocycles. The quantitative estimate of drug-likeness (QED) is 0.399. The Labute approximate surface area is 212 Å². The molecule has 0 aromatic heterocycles. The van der Waals surface area contributed by atoms with Crippen molar-refractivity contribution in [2.75, 3.05) is 36.0 Å². The van der Waals surface area contributed by atoms with Gasteiger partial charge < -0.3 is 20.0 Å². The number of carboxylic acid groups (broad SMARTS) is 2. The molecule has 0 aliphatic heterocycles. The van der Waals surface area contributed by atoms with Gasteiger partial charge in [-0.2, -0.15) is 0 Å². The van der Waals surface area contributed by atoms with Gasteiger partial charge in [-0.05, 0) is 74.2 Å². The highest BCUT2D eigenvalue weighted by Gasteiger charge is 2.23. The van der Waals surface area contributed by atoms with Crippen molar-refractivity contribution in [3.63, 3.8) is 0 Å². The Balaban J connectivity index is 1.70. The van der Waals surface area contributed by atoms with Gasteiger partial charge in [0.2, 0.25) is 0 Å². The van der Waals surface area contributed by atoms with Gasteiger partial charge >= 0.3 is 11.9 Å². The first-order valence-electron chi connectivity index (χ1n) is 12.4. The molecule has 1 aliphatic carbocycles. The van der Waals surface area contributed by atoms with Crippen LogP contribution in [-0.2, 0) is 14.4 Å². The lowest BCUT2D eigenvalue weighted by Gasteiger charge is -2.23. The molecule has 7 nitrogen and oxygen atoms in total. The number of hydrogen-bond donors (Lipinski definition) is 2. The zero-order valence-corrected chi connectivity index (χ0v) is 20.9. The number of anilines is 2. The number of ketones is 1. The van der Waals surface area contributed by atoms with Crippen LogP contribution in [0, 0.1) is 0 Å². The molecule has 0 bridgehead atoms. The molecule has 0 heterocycles. The fourth-order valence-corrected chi connectivity index (χ4v) is 4.36. The molecule has 1 aliphatic rings. The van der Waals surface area contributed by atoms with Crippen LogP contribution in [0.4, 0.5) is 11.4 Å². The van der Waals surface area contributed by atoms with Crippen molar-refractivity contribution >= 4 is 41.2 Å². The summed E-state index contributed by atoms with van der Waals surface area (Å²) in [6, 6.07) is 15.7. The summed E-state index contributed by atoms with van der Waals surface area (Å²) in [7, 11) is 0. The maximum Gasteiger partial charge on any atom is 0.305 e. The first kappa shape index (κ1) is 26.7. The zero-order chi connectivity index (χ0) is 26.1. The third-order valence-corrected chi connectivity index (χ3v) is 6.40. The predicted molar refractivity (Wildman–Crippen MR) is 143 cm³/mol. The molecule has 0 atom stereocenters. The van der Waals surface area contributed by atoms with Gasteiger partial charge in [-0.3, -0.25) is 14.4 Å². The summed E-state index contributed by atoms with van der Waals surface area (Å²) in [5, 5.41) is 18.0. The summed E-state index contributed by atoms with van der Waals surface area (Å²) in [6.07, 6.45) is 5.11. The van der Waals surface area contributed by atoms with Crippen molar-refractivity contribution in [3.8, 4) is 0 Å². The molecule has 36 heavy (non-hydrogen) atoms. The van der Waals surface area contributed by atoms with Crippen LogP contribution in [0.2, 0.25) is 0 Å². The monoisotopic (exact) mass is 490 g/mol. The van der Waals surface area contributed by atoms with E-state index in [4.69, 9.17) is 10.2 Å². The molecule has 3 rings (SSSR count). The summed E-state index contributed by atoms with van der Waals surface area (Å²) in [5.41, 5.74) is 5.40. The van der Waals surface area contributed by atoms with Crippen LogP contribution < -0.4 is 9.80 Å². The summed E-state index contributed by atoms with van der Waals surface area (Å²) >= 11 is 0. The molecular weight excluding hydrogens is 456 g/mol. The molecule has 190 valence electrons. The molecule has 1 fully saturated rings. The number of nitrogens with zero attached hydrogens (tertiary/aromatic N) is 2. The molecule has 0 radical (unpaired) electrons. The van der Waals surface area contributed by atoms with E-state index in [1.807, 2.05) is 36.4 Å². The largest absolute Gasteiger partial charge is 0.481 e. The van der Waals surface area contributed by atoms with Crippen LogP contribution >= 0.6 is 0 Å². The van der Waals surface area contributed by atoms with E-state index in [0.29, 0.717) is 12.8 Å². The standard InChI is InChI=1S/C29H34N2O5/c1-3-30(4-2)25-11-5-21(6-12-25)19-23-9-10-24(29(23)36)20-22-7-13-26(14-8-22)31(17-15-27(32)33)18-16-28(34)35/h5-8,11-14,19-20H,3-4,9-10,15-18H2,1-2H3,(H,32,33)(H,34,35)/b23-19+,24-20+. The molecule has 1 saturated carbocycles. The number of hydrogen-bond acceptors (Lipinski definition) is 5. The number of carbonyl (C=O) groups is 3. The van der Waals surface area contributed by atoms with Gasteiger partial charge in [-0.25, -0.2) is 0 Å². The highest BCUT2D eigenvalue weighted by molar-refractivity contribution is 6.15. The van der Waals surface area contributed by atoms with E-state index in [1.54, 1.807) is 4.90 Å². The maximum atomic E-state index is 13.0. The minimum atomic E-state index is -0.930. The molecule has 0 unspecified atom stereocenters. The van der Waals surface area contributed by atoms with Gasteiger partial charge in [0.05, 0.1) is 12.8 Å². The Morgan fingerprint density at radius 1 is 0.722 bits per heavy atom. The summed E-state index contributed by atoms with van der Waals surface area (Å²) in [5.74, 6) is -1.79. The lowest BCUT2D eigenvalue weighted by atomic mass is 10.1. The highest BCUT2D eigenvalue weighted by atomic mass is 16.4. The Morgan fingerprint density at radius 2 is 1.11 bits per heavy atom. The Hall–Kier alpha value is -3.87. The highest BCUT2D eigenvalue weighted by Crippen LogP contribution is 2.30. The van der Waals surface area contributed by atoms with Gasteiger partial charge in [-0.15, -0.1) is 0 Å². The van der Waals surface area contributed by atoms with Gasteiger partial charge in [0, 0.05) is 48.7 Å². The maximum absolute atomic E-state index is 13.0. The van der Waals surface area contributed by atoms with E-state index < -0.39 is 11.9 Å². The van der Waals surface area contributed by atoms with Crippen LogP contribution in [0.5, 0.6) is 0 Å². The van der Waals surface area contributed by atoms with Crippen molar-refractivity contribution in [3.05, 3.63) is 70.8 Å². The second-order valence-electron chi connectivity index (χ2n) is 8.80. The van der Waals surface area contributed by atoms with Gasteiger partial charge in [0.15, 0.2) is 5.78 Å². The van der Waals surface area contributed by atoms with Crippen molar-refractivity contribution in [2.45, 2.75) is 39.5 Å². The van der Waals surface area contributed by atoms with Gasteiger partial charge in [-0.1, -0.05) is 24.3 Å². The fourth-order valence-electron chi connectivity index (χ4n) is 4.36. The van der Waals surface area contributed by atoms with E-state index in [-0.39, 0.29) is 31.7 Å². The minimum Gasteiger partial charge on any atom is -0.481 e. The number of aliphatic carboxylic acids is 2. The molecular formula is C29H34N2O5. The topological polar surface area (TPSA) is 98.2 Å². The van der Waals surface area contributed by atoms with Crippen LogP contribution in [-0.4, -0.2) is 54.1 Å². The molecule has 2 aromatic rings. The molecule has 2 N–H and O–H groups in total. The second-order valence-corrected chi connectivity index (χ2v) is 8.80. The smallest absolute Gasteiger partial charge is 0.305 e. The van der Waals surface area contributed by atoms with Gasteiger partial charge in [0.25, 0.3) is 0 Å². The minimum absolute atomic E-state index is 0.0661. The number of benzene rings is 2. The number of rotatable bonds is 12. The third-order valence-electron chi connectivity index (χ3n) is 6.40. The summed E-state index contributed by atoms with van der Waals surface area (Å²) < 4.78 is 0. The third kappa shape index (κ3) is 7.31. The number of Topliss-reactive ketones (excluding diaryl/α,β-unsaturated/α-hetero) is 1. The fraction of sp³-hybridized carbons (Fsp3) is 0.345. The van der Waals surface area contributed by atoms with Crippen molar-refractivity contribution in [2.24, 2.45) is 0 Å². The lowest BCUT2D eigenvalue weighted by Crippen LogP contribution is -2.28. The first-order valence-corrected chi connectivity index (χ1v) is 12.4. The van der Waals surface area contributed by atoms with Crippen LogP contribution in [0.25, 0.3) is 12.2 Å². The number of carbonyl (C=O) groups excluding carboxylic acids is 1. The first-order chi connectivity index (χ1) is 17.3. The van der Waals surface area contributed by atoms with Crippen molar-refractivity contribution < 1.29 is 24.6 Å². The molecule has 0 saturated heterocycles. The van der Waals surface area contributed by atoms with E-state index in [9.17, 15) is 14.4 Å². The Morgan fingerprint density at radius 3 is 1.47 bits per heavy atom. The van der Waals surface area contributed by atoms with Crippen LogP contribution in [0.3, 0.4) is 0 Å². The van der Waals surface area contributed by atoms with Crippen molar-refractivity contribution in [1.82, 2.24) is 0 Å². The molecule has 0 amide bonds. The summed E-state index contributed by atoms with van der Waals surface area (Å²) in [4.78, 5) is 39.0. The Kier molecular flexibility index (Phi) is 9.45. The van der Waals surface area contributed by atoms with E-state index in [0.717, 1.165) is 41.1 Å². The Bertz CT molecular complexity index is 1110. The molecule has 0 spiro atoms. The average molecular weight is 491 g/mol.